The number of methoxy groups -OCH3 is 1. The van der Waals surface area contributed by atoms with Gasteiger partial charge in [0.05, 0.1) is 25.4 Å². The van der Waals surface area contributed by atoms with Crippen molar-refractivity contribution in [1.29, 1.82) is 0 Å². The van der Waals surface area contributed by atoms with Gasteiger partial charge >= 0.3 is 0 Å². The monoisotopic (exact) mass is 235 g/mol. The highest BCUT2D eigenvalue weighted by molar-refractivity contribution is 5.50. The Morgan fingerprint density at radius 3 is 2.00 bits per heavy atom. The third kappa shape index (κ3) is 23.4. The highest BCUT2D eigenvalue weighted by Crippen LogP contribution is 2.02. The predicted molar refractivity (Wildman–Crippen MR) is 63.5 cm³/mol. The molecule has 0 amide bonds. The molecule has 2 N–H and O–H groups in total. The van der Waals surface area contributed by atoms with Crippen molar-refractivity contribution in [3.8, 4) is 0 Å². The van der Waals surface area contributed by atoms with Crippen molar-refractivity contribution in [3.05, 3.63) is 0 Å². The Labute approximate surface area is 98.2 Å². The van der Waals surface area contributed by atoms with Crippen LogP contribution in [0.1, 0.15) is 20.8 Å². The zero-order chi connectivity index (χ0) is 12.9. The fraction of sp³-hybridized carbons (Fsp3) is 0.909. The van der Waals surface area contributed by atoms with E-state index in [1.807, 2.05) is 20.8 Å². The number of nitrogens with two attached hydrogens (primary N) is 1. The Morgan fingerprint density at radius 2 is 1.62 bits per heavy atom. The van der Waals surface area contributed by atoms with Crippen molar-refractivity contribution >= 4 is 6.29 Å². The van der Waals surface area contributed by atoms with Crippen molar-refractivity contribution in [2.45, 2.75) is 26.4 Å². The maximum absolute atomic E-state index is 9.71. The van der Waals surface area contributed by atoms with Crippen LogP contribution in [0.3, 0.4) is 0 Å². The van der Waals surface area contributed by atoms with Crippen LogP contribution in [0, 0.1) is 0 Å². The Bertz CT molecular complexity index is 145. The van der Waals surface area contributed by atoms with Gasteiger partial charge in [0.25, 0.3) is 0 Å². The molecule has 0 aromatic heterocycles. The zero-order valence-electron chi connectivity index (χ0n) is 10.8. The van der Waals surface area contributed by atoms with Gasteiger partial charge in [0.2, 0.25) is 0 Å². The first-order valence-electron chi connectivity index (χ1n) is 5.32. The minimum Gasteiger partial charge on any atom is -0.379 e. The Kier molecular flexibility index (Phi) is 14.1. The summed E-state index contributed by atoms with van der Waals surface area (Å²) in [6.45, 7) is 8.24. The van der Waals surface area contributed by atoms with E-state index < -0.39 is 0 Å². The summed E-state index contributed by atoms with van der Waals surface area (Å²) in [5.41, 5.74) is 5.19. The lowest BCUT2D eigenvalue weighted by molar-refractivity contribution is -0.112. The molecule has 0 aromatic carbocycles. The van der Waals surface area contributed by atoms with E-state index in [2.05, 4.69) is 0 Å². The molecule has 5 nitrogen and oxygen atoms in total. The molecule has 0 spiro atoms. The molecule has 0 aliphatic rings. The SMILES string of the molecule is COC(C)(C)C.NCCOCCOCC=O. The second kappa shape index (κ2) is 12.6. The first kappa shape index (κ1) is 17.9. The number of aldehydes is 1. The Hall–Kier alpha value is -0.490. The summed E-state index contributed by atoms with van der Waals surface area (Å²) >= 11 is 0. The standard InChI is InChI=1S/C6H13NO3.C5H12O/c7-1-3-9-5-6-10-4-2-8;1-5(2,3)6-4/h2H,1,3-7H2;1-4H3. The Morgan fingerprint density at radius 1 is 1.12 bits per heavy atom. The van der Waals surface area contributed by atoms with E-state index in [-0.39, 0.29) is 12.2 Å². The molecule has 0 bridgehead atoms. The quantitative estimate of drug-likeness (QED) is 0.517. The lowest BCUT2D eigenvalue weighted by Gasteiger charge is -2.14. The largest absolute Gasteiger partial charge is 0.379 e. The van der Waals surface area contributed by atoms with Gasteiger partial charge in [-0.3, -0.25) is 0 Å². The maximum Gasteiger partial charge on any atom is 0.145 e. The fourth-order valence-electron chi connectivity index (χ4n) is 0.435. The van der Waals surface area contributed by atoms with Gasteiger partial charge in [0.1, 0.15) is 12.9 Å². The predicted octanol–water partition coefficient (Wildman–Crippen LogP) is 0.609. The topological polar surface area (TPSA) is 70.8 Å². The van der Waals surface area contributed by atoms with E-state index in [9.17, 15) is 4.79 Å². The van der Waals surface area contributed by atoms with Crippen molar-refractivity contribution in [1.82, 2.24) is 0 Å². The molecular weight excluding hydrogens is 210 g/mol. The summed E-state index contributed by atoms with van der Waals surface area (Å²) in [6, 6.07) is 0. The second-order valence-corrected chi connectivity index (χ2v) is 3.96. The van der Waals surface area contributed by atoms with Gasteiger partial charge in [-0.05, 0) is 20.8 Å². The molecule has 0 rings (SSSR count). The van der Waals surface area contributed by atoms with Crippen LogP contribution >= 0.6 is 0 Å². The first-order chi connectivity index (χ1) is 7.47. The van der Waals surface area contributed by atoms with Gasteiger partial charge in [0, 0.05) is 13.7 Å². The summed E-state index contributed by atoms with van der Waals surface area (Å²) in [6.07, 6.45) is 0.711. The maximum atomic E-state index is 9.71. The van der Waals surface area contributed by atoms with Gasteiger partial charge in [-0.1, -0.05) is 0 Å². The van der Waals surface area contributed by atoms with Crippen LogP contribution in [-0.4, -0.2) is 52.0 Å². The summed E-state index contributed by atoms with van der Waals surface area (Å²) in [5.74, 6) is 0. The zero-order valence-corrected chi connectivity index (χ0v) is 10.8. The lowest BCUT2D eigenvalue weighted by Crippen LogP contribution is -2.15. The van der Waals surface area contributed by atoms with Crippen LogP contribution in [0.25, 0.3) is 0 Å². The first-order valence-corrected chi connectivity index (χ1v) is 5.32. The van der Waals surface area contributed by atoms with Crippen molar-refractivity contribution in [3.63, 3.8) is 0 Å². The molecule has 0 heterocycles. The van der Waals surface area contributed by atoms with E-state index in [1.54, 1.807) is 7.11 Å². The third-order valence-electron chi connectivity index (χ3n) is 1.43. The van der Waals surface area contributed by atoms with Crippen LogP contribution in [-0.2, 0) is 19.0 Å². The smallest absolute Gasteiger partial charge is 0.145 e. The molecule has 0 atom stereocenters. The van der Waals surface area contributed by atoms with E-state index >= 15 is 0 Å². The summed E-state index contributed by atoms with van der Waals surface area (Å²) in [5, 5.41) is 0. The van der Waals surface area contributed by atoms with Crippen LogP contribution in [0.4, 0.5) is 0 Å². The molecule has 0 aromatic rings. The number of carbonyl (C=O) groups is 1. The molecular formula is C11H25NO4. The van der Waals surface area contributed by atoms with E-state index in [1.165, 1.54) is 0 Å². The number of carbonyl (C=O) groups excluding carboxylic acids is 1. The van der Waals surface area contributed by atoms with E-state index in [0.717, 1.165) is 0 Å². The molecule has 16 heavy (non-hydrogen) atoms. The van der Waals surface area contributed by atoms with Crippen LogP contribution in [0.5, 0.6) is 0 Å². The van der Waals surface area contributed by atoms with Gasteiger partial charge in [-0.2, -0.15) is 0 Å². The van der Waals surface area contributed by atoms with Gasteiger partial charge in [0.15, 0.2) is 0 Å². The van der Waals surface area contributed by atoms with Crippen LogP contribution in [0.2, 0.25) is 0 Å². The van der Waals surface area contributed by atoms with Gasteiger partial charge in [-0.25, -0.2) is 0 Å². The van der Waals surface area contributed by atoms with Crippen LogP contribution < -0.4 is 5.73 Å². The molecule has 0 saturated carbocycles. The number of rotatable bonds is 7. The minimum atomic E-state index is 0.0417. The van der Waals surface area contributed by atoms with Gasteiger partial charge in [-0.15, -0.1) is 0 Å². The van der Waals surface area contributed by atoms with Crippen molar-refractivity contribution in [2.24, 2.45) is 5.73 Å². The molecule has 0 fully saturated rings. The summed E-state index contributed by atoms with van der Waals surface area (Å²) in [4.78, 5) is 9.71. The van der Waals surface area contributed by atoms with E-state index in [0.29, 0.717) is 32.7 Å². The van der Waals surface area contributed by atoms with Crippen LogP contribution in [0.15, 0.2) is 0 Å². The molecule has 5 heteroatoms. The average Bonchev–Trinajstić information content (AvgIpc) is 2.23. The number of hydrogen-bond donors (Lipinski definition) is 1. The molecule has 0 saturated heterocycles. The third-order valence-corrected chi connectivity index (χ3v) is 1.43. The van der Waals surface area contributed by atoms with Crippen molar-refractivity contribution < 1.29 is 19.0 Å². The molecule has 0 unspecified atom stereocenters. The number of ether oxygens (including phenoxy) is 3. The molecule has 0 radical (unpaired) electrons. The minimum absolute atomic E-state index is 0.0417. The highest BCUT2D eigenvalue weighted by Gasteiger charge is 2.03. The fourth-order valence-corrected chi connectivity index (χ4v) is 0.435. The average molecular weight is 235 g/mol. The summed E-state index contributed by atoms with van der Waals surface area (Å²) in [7, 11) is 1.71. The lowest BCUT2D eigenvalue weighted by atomic mass is 10.2. The van der Waals surface area contributed by atoms with Gasteiger partial charge < -0.3 is 24.7 Å². The Balaban J connectivity index is 0. The second-order valence-electron chi connectivity index (χ2n) is 3.96. The molecule has 98 valence electrons. The molecule has 0 aliphatic heterocycles. The highest BCUT2D eigenvalue weighted by atomic mass is 16.5. The van der Waals surface area contributed by atoms with Crippen molar-refractivity contribution in [2.75, 3.05) is 40.1 Å². The number of hydrogen-bond acceptors (Lipinski definition) is 5. The summed E-state index contributed by atoms with van der Waals surface area (Å²) < 4.78 is 14.7. The normalized spacial score (nSPS) is 10.6. The van der Waals surface area contributed by atoms with E-state index in [4.69, 9.17) is 19.9 Å². The molecule has 0 aliphatic carbocycles.